The van der Waals surface area contributed by atoms with Gasteiger partial charge in [-0.2, -0.15) is 4.68 Å². The van der Waals surface area contributed by atoms with Gasteiger partial charge in [0, 0.05) is 12.0 Å². The lowest BCUT2D eigenvalue weighted by molar-refractivity contribution is -0.144. The van der Waals surface area contributed by atoms with Crippen molar-refractivity contribution >= 4 is 11.8 Å². The van der Waals surface area contributed by atoms with Crippen molar-refractivity contribution in [2.45, 2.75) is 45.4 Å². The normalized spacial score (nSPS) is 13.8. The van der Waals surface area contributed by atoms with E-state index in [0.29, 0.717) is 48.1 Å². The van der Waals surface area contributed by atoms with E-state index in [0.717, 1.165) is 18.4 Å². The monoisotopic (exact) mass is 447 g/mol. The summed E-state index contributed by atoms with van der Waals surface area (Å²) >= 11 is 0. The van der Waals surface area contributed by atoms with Crippen LogP contribution in [0.4, 0.5) is 0 Å². The van der Waals surface area contributed by atoms with Crippen molar-refractivity contribution in [1.82, 2.24) is 14.3 Å². The number of benzene rings is 2. The zero-order valence-corrected chi connectivity index (χ0v) is 18.8. The molecule has 8 heteroatoms. The van der Waals surface area contributed by atoms with Gasteiger partial charge in [-0.05, 0) is 74.1 Å². The van der Waals surface area contributed by atoms with Gasteiger partial charge < -0.3 is 10.5 Å². The summed E-state index contributed by atoms with van der Waals surface area (Å²) in [5.41, 5.74) is 8.11. The zero-order valence-electron chi connectivity index (χ0n) is 18.8. The fraction of sp³-hybridized carbons (Fsp3) is 0.360. The van der Waals surface area contributed by atoms with E-state index in [9.17, 15) is 9.59 Å². The number of nitrogens with one attached hydrogen (secondary N) is 1. The second-order valence-corrected chi connectivity index (χ2v) is 8.54. The number of hydrogen-bond donors (Lipinski definition) is 2. The highest BCUT2D eigenvalue weighted by Gasteiger charge is 2.17. The summed E-state index contributed by atoms with van der Waals surface area (Å²) in [6, 6.07) is 14.4. The lowest BCUT2D eigenvalue weighted by Crippen LogP contribution is -2.23. The minimum Gasteiger partial charge on any atom is -0.465 e. The third kappa shape index (κ3) is 5.22. The maximum atomic E-state index is 13.0. The number of amidine groups is 1. The summed E-state index contributed by atoms with van der Waals surface area (Å²) in [4.78, 5) is 25.1. The van der Waals surface area contributed by atoms with E-state index in [2.05, 4.69) is 5.10 Å². The van der Waals surface area contributed by atoms with Crippen molar-refractivity contribution in [2.24, 2.45) is 11.7 Å². The standard InChI is InChI=1S/C25H29N5O3/c1-17-28-30(22-13-9-20(10-14-22)24(26)27)25(32)29(17)21-11-6-18(7-12-21)8-15-23(31)33-16-19-4-2-3-5-19/h6-7,9-14,19H,2-5,8,15-16H2,1H3,(H3,26,27). The van der Waals surface area contributed by atoms with Crippen LogP contribution in [0.2, 0.25) is 0 Å². The van der Waals surface area contributed by atoms with E-state index < -0.39 is 0 Å². The average Bonchev–Trinajstić information content (AvgIpc) is 3.44. The van der Waals surface area contributed by atoms with Crippen LogP contribution in [-0.2, 0) is 16.0 Å². The van der Waals surface area contributed by atoms with Crippen LogP contribution in [0.15, 0.2) is 53.3 Å². The molecule has 0 amide bonds. The molecule has 1 heterocycles. The maximum absolute atomic E-state index is 13.0. The first-order valence-electron chi connectivity index (χ1n) is 11.3. The molecule has 1 fully saturated rings. The first-order chi connectivity index (χ1) is 15.9. The lowest BCUT2D eigenvalue weighted by Gasteiger charge is -2.10. The van der Waals surface area contributed by atoms with Gasteiger partial charge >= 0.3 is 11.7 Å². The molecule has 1 aromatic heterocycles. The number of ether oxygens (including phenoxy) is 1. The van der Waals surface area contributed by atoms with Crippen molar-refractivity contribution < 1.29 is 9.53 Å². The molecule has 33 heavy (non-hydrogen) atoms. The van der Waals surface area contributed by atoms with Crippen molar-refractivity contribution in [3.8, 4) is 11.4 Å². The molecule has 4 rings (SSSR count). The van der Waals surface area contributed by atoms with Gasteiger partial charge in [0.25, 0.3) is 0 Å². The summed E-state index contributed by atoms with van der Waals surface area (Å²) < 4.78 is 8.29. The van der Waals surface area contributed by atoms with E-state index in [-0.39, 0.29) is 17.5 Å². The highest BCUT2D eigenvalue weighted by molar-refractivity contribution is 5.95. The highest BCUT2D eigenvalue weighted by Crippen LogP contribution is 2.24. The summed E-state index contributed by atoms with van der Waals surface area (Å²) in [5, 5.41) is 11.9. The van der Waals surface area contributed by atoms with E-state index >= 15 is 0 Å². The molecule has 1 saturated carbocycles. The van der Waals surface area contributed by atoms with Crippen LogP contribution in [0.5, 0.6) is 0 Å². The Hall–Kier alpha value is -3.68. The third-order valence-electron chi connectivity index (χ3n) is 6.13. The number of nitrogen functional groups attached to an aromatic ring is 1. The Morgan fingerprint density at radius 3 is 2.36 bits per heavy atom. The highest BCUT2D eigenvalue weighted by atomic mass is 16.5. The Bertz CT molecular complexity index is 1190. The second-order valence-electron chi connectivity index (χ2n) is 8.54. The molecule has 0 bridgehead atoms. The molecule has 172 valence electrons. The minimum atomic E-state index is -0.286. The number of aryl methyl sites for hydroxylation is 2. The molecular weight excluding hydrogens is 418 g/mol. The SMILES string of the molecule is Cc1nn(-c2ccc(C(=N)N)cc2)c(=O)n1-c1ccc(CCC(=O)OCC2CCCC2)cc1. The molecule has 1 aliphatic carbocycles. The zero-order chi connectivity index (χ0) is 23.4. The van der Waals surface area contributed by atoms with Gasteiger partial charge in [0.05, 0.1) is 18.0 Å². The number of hydrogen-bond acceptors (Lipinski definition) is 5. The first-order valence-corrected chi connectivity index (χ1v) is 11.3. The van der Waals surface area contributed by atoms with Crippen molar-refractivity contribution in [1.29, 1.82) is 5.41 Å². The fourth-order valence-electron chi connectivity index (χ4n) is 4.23. The number of carbonyl (C=O) groups is 1. The van der Waals surface area contributed by atoms with Crippen LogP contribution in [0.1, 0.15) is 49.1 Å². The van der Waals surface area contributed by atoms with Gasteiger partial charge in [-0.1, -0.05) is 25.0 Å². The Labute approximate surface area is 192 Å². The molecular formula is C25H29N5O3. The molecule has 0 saturated heterocycles. The smallest absolute Gasteiger partial charge is 0.355 e. The van der Waals surface area contributed by atoms with Crippen LogP contribution in [-0.4, -0.2) is 32.8 Å². The van der Waals surface area contributed by atoms with Crippen molar-refractivity contribution in [2.75, 3.05) is 6.61 Å². The van der Waals surface area contributed by atoms with Crippen LogP contribution in [0.25, 0.3) is 11.4 Å². The number of esters is 1. The molecule has 3 N–H and O–H groups in total. The minimum absolute atomic E-state index is 0.0298. The topological polar surface area (TPSA) is 116 Å². The maximum Gasteiger partial charge on any atom is 0.355 e. The molecule has 0 unspecified atom stereocenters. The van der Waals surface area contributed by atoms with E-state index in [4.69, 9.17) is 15.9 Å². The Morgan fingerprint density at radius 2 is 1.73 bits per heavy atom. The van der Waals surface area contributed by atoms with Crippen LogP contribution in [0.3, 0.4) is 0 Å². The molecule has 0 atom stereocenters. The van der Waals surface area contributed by atoms with E-state index in [1.54, 1.807) is 35.8 Å². The number of nitrogens with two attached hydrogens (primary N) is 1. The van der Waals surface area contributed by atoms with Gasteiger partial charge in [0.15, 0.2) is 0 Å². The molecule has 0 aliphatic heterocycles. The van der Waals surface area contributed by atoms with Crippen LogP contribution in [0, 0.1) is 18.3 Å². The second kappa shape index (κ2) is 9.85. The number of rotatable bonds is 8. The van der Waals surface area contributed by atoms with Crippen LogP contribution < -0.4 is 11.4 Å². The van der Waals surface area contributed by atoms with Gasteiger partial charge in [-0.3, -0.25) is 10.2 Å². The van der Waals surface area contributed by atoms with Crippen LogP contribution >= 0.6 is 0 Å². The fourth-order valence-corrected chi connectivity index (χ4v) is 4.23. The average molecular weight is 448 g/mol. The summed E-state index contributed by atoms with van der Waals surface area (Å²) in [5.74, 6) is 0.898. The Morgan fingerprint density at radius 1 is 1.09 bits per heavy atom. The largest absolute Gasteiger partial charge is 0.465 e. The summed E-state index contributed by atoms with van der Waals surface area (Å²) in [6.45, 7) is 2.32. The predicted molar refractivity (Wildman–Crippen MR) is 126 cm³/mol. The van der Waals surface area contributed by atoms with Crippen molar-refractivity contribution in [3.63, 3.8) is 0 Å². The summed E-state index contributed by atoms with van der Waals surface area (Å²) in [6.07, 6.45) is 5.74. The number of carbonyl (C=O) groups excluding carboxylic acids is 1. The third-order valence-corrected chi connectivity index (χ3v) is 6.13. The molecule has 3 aromatic rings. The Kier molecular flexibility index (Phi) is 6.72. The predicted octanol–water partition coefficient (Wildman–Crippen LogP) is 3.28. The lowest BCUT2D eigenvalue weighted by atomic mass is 10.1. The first kappa shape index (κ1) is 22.5. The molecule has 8 nitrogen and oxygen atoms in total. The van der Waals surface area contributed by atoms with Gasteiger partial charge in [0.2, 0.25) is 0 Å². The quantitative estimate of drug-likeness (QED) is 0.312. The van der Waals surface area contributed by atoms with Crippen molar-refractivity contribution in [3.05, 3.63) is 76.0 Å². The number of aromatic nitrogens is 3. The van der Waals surface area contributed by atoms with Gasteiger partial charge in [-0.25, -0.2) is 9.36 Å². The molecule has 2 aromatic carbocycles. The number of nitrogens with zero attached hydrogens (tertiary/aromatic N) is 3. The van der Waals surface area contributed by atoms with Gasteiger partial charge in [-0.15, -0.1) is 5.10 Å². The molecule has 0 spiro atoms. The van der Waals surface area contributed by atoms with E-state index in [1.807, 2.05) is 24.3 Å². The Balaban J connectivity index is 1.41. The molecule has 1 aliphatic rings. The van der Waals surface area contributed by atoms with E-state index in [1.165, 1.54) is 17.5 Å². The van der Waals surface area contributed by atoms with Gasteiger partial charge in [0.1, 0.15) is 11.7 Å². The summed E-state index contributed by atoms with van der Waals surface area (Å²) in [7, 11) is 0. The molecule has 0 radical (unpaired) electrons.